The molecule has 6 nitrogen and oxygen atoms in total. The molecule has 0 radical (unpaired) electrons. The fraction of sp³-hybridized carbons (Fsp3) is 0.292. The van der Waals surface area contributed by atoms with Crippen molar-refractivity contribution in [3.05, 3.63) is 66.7 Å². The highest BCUT2D eigenvalue weighted by Gasteiger charge is 2.20. The van der Waals surface area contributed by atoms with Gasteiger partial charge in [-0.1, -0.05) is 24.3 Å². The summed E-state index contributed by atoms with van der Waals surface area (Å²) < 4.78 is 8.36. The number of imidazole rings is 1. The fourth-order valence-electron chi connectivity index (χ4n) is 3.34. The molecule has 0 bridgehead atoms. The summed E-state index contributed by atoms with van der Waals surface area (Å²) in [6.07, 6.45) is 7.32. The highest BCUT2D eigenvalue weighted by Crippen LogP contribution is 2.31. The molecule has 4 rings (SSSR count). The lowest BCUT2D eigenvalue weighted by Crippen LogP contribution is -2.33. The first-order valence-corrected chi connectivity index (χ1v) is 12.4. The number of anilines is 1. The highest BCUT2D eigenvalue weighted by atomic mass is 32.2. The molecule has 8 heteroatoms. The molecule has 0 aliphatic heterocycles. The van der Waals surface area contributed by atoms with Crippen molar-refractivity contribution >= 4 is 44.4 Å². The van der Waals surface area contributed by atoms with E-state index in [9.17, 15) is 4.79 Å². The monoisotopic (exact) mass is 466 g/mol. The molecular weight excluding hydrogens is 440 g/mol. The first-order valence-electron chi connectivity index (χ1n) is 10.6. The van der Waals surface area contributed by atoms with Crippen LogP contribution in [0.15, 0.2) is 66.1 Å². The summed E-state index contributed by atoms with van der Waals surface area (Å²) in [5.41, 5.74) is 2.22. The van der Waals surface area contributed by atoms with E-state index in [2.05, 4.69) is 30.1 Å². The number of hydrogen-bond donors (Lipinski definition) is 0. The predicted octanol–water partition coefficient (Wildman–Crippen LogP) is 5.28. The maximum absolute atomic E-state index is 13.3. The largest absolute Gasteiger partial charge is 0.497 e. The van der Waals surface area contributed by atoms with Crippen molar-refractivity contribution in [1.29, 1.82) is 0 Å². The van der Waals surface area contributed by atoms with Gasteiger partial charge in [0.05, 0.1) is 29.4 Å². The van der Waals surface area contributed by atoms with E-state index in [1.54, 1.807) is 31.0 Å². The molecule has 1 amide bonds. The van der Waals surface area contributed by atoms with Gasteiger partial charge >= 0.3 is 0 Å². The van der Waals surface area contributed by atoms with Crippen molar-refractivity contribution < 1.29 is 9.53 Å². The van der Waals surface area contributed by atoms with Crippen LogP contribution in [0.3, 0.4) is 0 Å². The normalized spacial score (nSPS) is 11.1. The summed E-state index contributed by atoms with van der Waals surface area (Å²) in [6.45, 7) is 3.56. The number of rotatable bonds is 10. The Morgan fingerprint density at radius 2 is 2.06 bits per heavy atom. The van der Waals surface area contributed by atoms with Gasteiger partial charge in [0.1, 0.15) is 5.75 Å². The zero-order valence-corrected chi connectivity index (χ0v) is 19.9. The average Bonchev–Trinajstić information content (AvgIpc) is 3.49. The maximum Gasteiger partial charge on any atom is 0.239 e. The van der Waals surface area contributed by atoms with Crippen LogP contribution in [0.1, 0.15) is 18.9 Å². The number of hydrogen-bond acceptors (Lipinski definition) is 6. The lowest BCUT2D eigenvalue weighted by molar-refractivity contribution is -0.116. The number of benzene rings is 2. The third-order valence-corrected chi connectivity index (χ3v) is 7.20. The molecule has 0 unspecified atom stereocenters. The van der Waals surface area contributed by atoms with E-state index >= 15 is 0 Å². The number of fused-ring (bicyclic) bond motifs is 1. The minimum absolute atomic E-state index is 0.0613. The van der Waals surface area contributed by atoms with E-state index in [0.717, 1.165) is 45.4 Å². The lowest BCUT2D eigenvalue weighted by Gasteiger charge is -2.20. The van der Waals surface area contributed by atoms with E-state index < -0.39 is 0 Å². The molecule has 2 aromatic heterocycles. The fourth-order valence-corrected chi connectivity index (χ4v) is 5.19. The van der Waals surface area contributed by atoms with Crippen molar-refractivity contribution in [3.63, 3.8) is 0 Å². The van der Waals surface area contributed by atoms with Crippen LogP contribution in [0.5, 0.6) is 5.75 Å². The number of carbonyl (C=O) groups is 1. The topological polar surface area (TPSA) is 60.2 Å². The summed E-state index contributed by atoms with van der Waals surface area (Å²) in [5.74, 6) is 1.22. The van der Waals surface area contributed by atoms with Crippen LogP contribution in [0.25, 0.3) is 10.2 Å². The molecule has 2 aromatic carbocycles. The van der Waals surface area contributed by atoms with Gasteiger partial charge in [-0.05, 0) is 54.8 Å². The predicted molar refractivity (Wildman–Crippen MR) is 132 cm³/mol. The van der Waals surface area contributed by atoms with E-state index in [1.165, 1.54) is 17.3 Å². The number of amides is 1. The Morgan fingerprint density at radius 1 is 1.22 bits per heavy atom. The molecule has 166 valence electrons. The van der Waals surface area contributed by atoms with Gasteiger partial charge in [-0.3, -0.25) is 9.69 Å². The lowest BCUT2D eigenvalue weighted by atomic mass is 10.2. The molecule has 2 heterocycles. The number of ether oxygens (including phenoxy) is 1. The summed E-state index contributed by atoms with van der Waals surface area (Å²) >= 11 is 3.12. The smallest absolute Gasteiger partial charge is 0.239 e. The summed E-state index contributed by atoms with van der Waals surface area (Å²) in [7, 11) is 1.65. The molecule has 0 fully saturated rings. The Labute approximate surface area is 196 Å². The molecule has 0 saturated heterocycles. The maximum atomic E-state index is 13.3. The Bertz CT molecular complexity index is 1160. The van der Waals surface area contributed by atoms with E-state index in [0.29, 0.717) is 12.3 Å². The van der Waals surface area contributed by atoms with Gasteiger partial charge in [-0.2, -0.15) is 0 Å². The van der Waals surface area contributed by atoms with Crippen LogP contribution in [-0.4, -0.2) is 39.8 Å². The second-order valence-electron chi connectivity index (χ2n) is 7.32. The van der Waals surface area contributed by atoms with Crippen LogP contribution in [0.4, 0.5) is 5.13 Å². The van der Waals surface area contributed by atoms with Gasteiger partial charge in [-0.25, -0.2) is 9.97 Å². The van der Waals surface area contributed by atoms with Gasteiger partial charge < -0.3 is 9.30 Å². The van der Waals surface area contributed by atoms with Gasteiger partial charge in [0, 0.05) is 30.4 Å². The summed E-state index contributed by atoms with van der Waals surface area (Å²) in [5, 5.41) is 0.763. The molecule has 0 aliphatic rings. The second-order valence-corrected chi connectivity index (χ2v) is 9.37. The van der Waals surface area contributed by atoms with E-state index in [1.807, 2.05) is 39.9 Å². The van der Waals surface area contributed by atoms with Gasteiger partial charge in [0.15, 0.2) is 5.13 Å². The number of nitrogens with zero attached hydrogens (tertiary/aromatic N) is 4. The molecule has 0 saturated carbocycles. The van der Waals surface area contributed by atoms with Crippen molar-refractivity contribution in [1.82, 2.24) is 14.5 Å². The minimum atomic E-state index is 0.0613. The molecule has 0 spiro atoms. The van der Waals surface area contributed by atoms with Crippen LogP contribution in [-0.2, 0) is 17.8 Å². The molecule has 32 heavy (non-hydrogen) atoms. The zero-order valence-electron chi connectivity index (χ0n) is 18.2. The van der Waals surface area contributed by atoms with E-state index in [4.69, 9.17) is 9.72 Å². The number of aromatic nitrogens is 3. The molecule has 4 aromatic rings. The van der Waals surface area contributed by atoms with Crippen molar-refractivity contribution in [2.45, 2.75) is 31.2 Å². The van der Waals surface area contributed by atoms with Gasteiger partial charge in [0.25, 0.3) is 0 Å². The quantitative estimate of drug-likeness (QED) is 0.298. The first kappa shape index (κ1) is 22.4. The highest BCUT2D eigenvalue weighted by molar-refractivity contribution is 8.00. The van der Waals surface area contributed by atoms with Gasteiger partial charge in [-0.15, -0.1) is 11.8 Å². The number of thioether (sulfide) groups is 1. The van der Waals surface area contributed by atoms with Gasteiger partial charge in [0.2, 0.25) is 5.91 Å². The van der Waals surface area contributed by atoms with Crippen LogP contribution < -0.4 is 9.64 Å². The number of methoxy groups -OCH3 is 1. The number of aryl methyl sites for hydroxylation is 2. The summed E-state index contributed by atoms with van der Waals surface area (Å²) in [6, 6.07) is 14.1. The number of thiazole rings is 1. The minimum Gasteiger partial charge on any atom is -0.497 e. The SMILES string of the molecule is CCc1ccc2nc(N(CCCn3ccnc3)C(=O)CSc3ccc(OC)cc3)sc2c1. The Balaban J connectivity index is 1.49. The molecular formula is C24H26N4O2S2. The van der Waals surface area contributed by atoms with E-state index in [-0.39, 0.29) is 5.91 Å². The molecule has 0 N–H and O–H groups in total. The molecule has 0 aliphatic carbocycles. The molecule has 0 atom stereocenters. The van der Waals surface area contributed by atoms with Crippen LogP contribution in [0, 0.1) is 0 Å². The second kappa shape index (κ2) is 10.7. The Kier molecular flexibility index (Phi) is 7.44. The summed E-state index contributed by atoms with van der Waals surface area (Å²) in [4.78, 5) is 25.0. The van der Waals surface area contributed by atoms with Crippen molar-refractivity contribution in [3.8, 4) is 5.75 Å². The zero-order chi connectivity index (χ0) is 22.3. The third-order valence-electron chi connectivity index (χ3n) is 5.16. The van der Waals surface area contributed by atoms with Crippen LogP contribution >= 0.6 is 23.1 Å². The first-order chi connectivity index (χ1) is 15.7. The Morgan fingerprint density at radius 3 is 2.78 bits per heavy atom. The standard InChI is InChI=1S/C24H26N4O2S2/c1-3-18-5-10-21-22(15-18)32-24(26-21)28(13-4-12-27-14-11-25-17-27)23(29)16-31-20-8-6-19(30-2)7-9-20/h5-11,14-15,17H,3-4,12-13,16H2,1-2H3. The third kappa shape index (κ3) is 5.49. The van der Waals surface area contributed by atoms with Crippen molar-refractivity contribution in [2.24, 2.45) is 0 Å². The average molecular weight is 467 g/mol. The van der Waals surface area contributed by atoms with Crippen molar-refractivity contribution in [2.75, 3.05) is 24.3 Å². The number of carbonyl (C=O) groups excluding carboxylic acids is 1. The van der Waals surface area contributed by atoms with Crippen LogP contribution in [0.2, 0.25) is 0 Å². The Hall–Kier alpha value is -2.84.